The molecule has 32 heavy (non-hydrogen) atoms. The van der Waals surface area contributed by atoms with Gasteiger partial charge in [0.1, 0.15) is 5.75 Å². The molecule has 0 saturated carbocycles. The van der Waals surface area contributed by atoms with Crippen LogP contribution in [0.4, 0.5) is 17.3 Å². The van der Waals surface area contributed by atoms with Crippen molar-refractivity contribution in [1.82, 2.24) is 20.2 Å². The average molecular weight is 426 g/mol. The second-order valence-corrected chi connectivity index (χ2v) is 6.97. The first-order valence-electron chi connectivity index (χ1n) is 9.74. The van der Waals surface area contributed by atoms with Crippen LogP contribution in [-0.2, 0) is 4.74 Å². The lowest BCUT2D eigenvalue weighted by atomic mass is 10.1. The monoisotopic (exact) mass is 426 g/mol. The molecule has 0 fully saturated rings. The Labute approximate surface area is 182 Å². The summed E-state index contributed by atoms with van der Waals surface area (Å²) in [6.45, 7) is 0. The van der Waals surface area contributed by atoms with E-state index in [4.69, 9.17) is 15.2 Å². The number of rotatable bonds is 5. The molecule has 0 bridgehead atoms. The molecule has 4 N–H and O–H groups in total. The van der Waals surface area contributed by atoms with Gasteiger partial charge in [-0.25, -0.2) is 9.78 Å². The van der Waals surface area contributed by atoms with E-state index in [-0.39, 0.29) is 5.69 Å². The molecule has 2 heterocycles. The molecule has 3 aromatic carbocycles. The summed E-state index contributed by atoms with van der Waals surface area (Å²) < 4.78 is 10.8. The van der Waals surface area contributed by atoms with Crippen molar-refractivity contribution >= 4 is 45.0 Å². The molecule has 5 aromatic rings. The number of H-pyrrole nitrogens is 1. The Hall–Kier alpha value is -4.66. The largest absolute Gasteiger partial charge is 0.464 e. The molecule has 9 nitrogen and oxygen atoms in total. The van der Waals surface area contributed by atoms with Crippen LogP contribution < -0.4 is 15.8 Å². The van der Waals surface area contributed by atoms with Crippen molar-refractivity contribution in [1.29, 1.82) is 0 Å². The topological polar surface area (TPSA) is 128 Å². The van der Waals surface area contributed by atoms with Gasteiger partial charge in [-0.15, -0.1) is 0 Å². The Kier molecular flexibility index (Phi) is 4.75. The second kappa shape index (κ2) is 7.88. The number of aromatic amines is 1. The molecule has 5 rings (SSSR count). The molecular weight excluding hydrogens is 408 g/mol. The summed E-state index contributed by atoms with van der Waals surface area (Å²) in [6, 6.07) is 18.4. The number of aromatic nitrogens is 4. The van der Waals surface area contributed by atoms with Crippen LogP contribution in [0.25, 0.3) is 21.7 Å². The standard InChI is InChI=1S/C23H18N6O3/c1-31-22(30)21-16-12-13(6-8-18(16)28-29-21)26-23-25-11-10-20(27-23)32-19-9-7-17(24)14-4-2-3-5-15(14)19/h2-12H,24H2,1H3,(H,28,29)(H,25,26,27). The minimum Gasteiger partial charge on any atom is -0.464 e. The maximum atomic E-state index is 11.9. The van der Waals surface area contributed by atoms with Gasteiger partial charge < -0.3 is 20.5 Å². The molecule has 0 spiro atoms. The molecule has 0 aliphatic carbocycles. The lowest BCUT2D eigenvalue weighted by molar-refractivity contribution is 0.0596. The SMILES string of the molecule is COC(=O)c1n[nH]c2ccc(Nc3nccc(Oc4ccc(N)c5ccccc45)n3)cc12. The van der Waals surface area contributed by atoms with Crippen LogP contribution in [0.3, 0.4) is 0 Å². The zero-order chi connectivity index (χ0) is 22.1. The van der Waals surface area contributed by atoms with E-state index in [1.807, 2.05) is 36.4 Å². The number of carbonyl (C=O) groups is 1. The van der Waals surface area contributed by atoms with E-state index in [9.17, 15) is 4.79 Å². The van der Waals surface area contributed by atoms with Crippen molar-refractivity contribution in [3.63, 3.8) is 0 Å². The summed E-state index contributed by atoms with van der Waals surface area (Å²) in [5, 5.41) is 12.4. The average Bonchev–Trinajstić information content (AvgIpc) is 3.24. The quantitative estimate of drug-likeness (QED) is 0.278. The first-order valence-corrected chi connectivity index (χ1v) is 9.74. The van der Waals surface area contributed by atoms with Gasteiger partial charge in [-0.2, -0.15) is 10.1 Å². The third-order valence-electron chi connectivity index (χ3n) is 4.96. The summed E-state index contributed by atoms with van der Waals surface area (Å²) in [6.07, 6.45) is 1.60. The van der Waals surface area contributed by atoms with E-state index >= 15 is 0 Å². The summed E-state index contributed by atoms with van der Waals surface area (Å²) in [5.41, 5.74) is 8.35. The summed E-state index contributed by atoms with van der Waals surface area (Å²) in [4.78, 5) is 20.6. The molecule has 158 valence electrons. The van der Waals surface area contributed by atoms with E-state index in [0.717, 1.165) is 10.8 Å². The number of nitrogen functional groups attached to an aromatic ring is 1. The number of benzene rings is 3. The second-order valence-electron chi connectivity index (χ2n) is 6.97. The molecule has 0 saturated heterocycles. The normalized spacial score (nSPS) is 10.9. The highest BCUT2D eigenvalue weighted by Crippen LogP contribution is 2.33. The fraction of sp³-hybridized carbons (Fsp3) is 0.0435. The van der Waals surface area contributed by atoms with Gasteiger partial charge >= 0.3 is 5.97 Å². The van der Waals surface area contributed by atoms with Crippen LogP contribution >= 0.6 is 0 Å². The van der Waals surface area contributed by atoms with Crippen LogP contribution in [0.15, 0.2) is 66.9 Å². The number of hydrogen-bond acceptors (Lipinski definition) is 8. The van der Waals surface area contributed by atoms with E-state index in [1.165, 1.54) is 7.11 Å². The van der Waals surface area contributed by atoms with Gasteiger partial charge in [-0.05, 0) is 30.3 Å². The summed E-state index contributed by atoms with van der Waals surface area (Å²) in [5.74, 6) is 0.833. The van der Waals surface area contributed by atoms with Crippen LogP contribution in [0.2, 0.25) is 0 Å². The van der Waals surface area contributed by atoms with E-state index < -0.39 is 5.97 Å². The number of hydrogen-bond donors (Lipinski definition) is 3. The number of ether oxygens (including phenoxy) is 2. The lowest BCUT2D eigenvalue weighted by Crippen LogP contribution is -2.02. The summed E-state index contributed by atoms with van der Waals surface area (Å²) >= 11 is 0. The van der Waals surface area contributed by atoms with E-state index in [2.05, 4.69) is 25.5 Å². The number of esters is 1. The van der Waals surface area contributed by atoms with Gasteiger partial charge in [0.05, 0.1) is 12.6 Å². The van der Waals surface area contributed by atoms with Crippen molar-refractivity contribution in [2.24, 2.45) is 0 Å². The van der Waals surface area contributed by atoms with Crippen molar-refractivity contribution in [3.05, 3.63) is 72.6 Å². The molecule has 0 aliphatic heterocycles. The third-order valence-corrected chi connectivity index (χ3v) is 4.96. The Morgan fingerprint density at radius 2 is 1.88 bits per heavy atom. The molecular formula is C23H18N6O3. The zero-order valence-electron chi connectivity index (χ0n) is 17.0. The Morgan fingerprint density at radius 1 is 1.03 bits per heavy atom. The van der Waals surface area contributed by atoms with Crippen molar-refractivity contribution < 1.29 is 14.3 Å². The van der Waals surface area contributed by atoms with Crippen LogP contribution in [0, 0.1) is 0 Å². The fourth-order valence-corrected chi connectivity index (χ4v) is 3.43. The van der Waals surface area contributed by atoms with Gasteiger partial charge in [-0.1, -0.05) is 24.3 Å². The smallest absolute Gasteiger partial charge is 0.359 e. The maximum Gasteiger partial charge on any atom is 0.359 e. The maximum absolute atomic E-state index is 11.9. The van der Waals surface area contributed by atoms with Gasteiger partial charge in [0, 0.05) is 39.8 Å². The molecule has 2 aromatic heterocycles. The first-order chi connectivity index (χ1) is 15.6. The first kappa shape index (κ1) is 19.3. The number of fused-ring (bicyclic) bond motifs is 2. The predicted molar refractivity (Wildman–Crippen MR) is 121 cm³/mol. The number of nitrogens with zero attached hydrogens (tertiary/aromatic N) is 3. The summed E-state index contributed by atoms with van der Waals surface area (Å²) in [7, 11) is 1.31. The van der Waals surface area contributed by atoms with Crippen molar-refractivity contribution in [2.75, 3.05) is 18.2 Å². The third kappa shape index (κ3) is 3.52. The van der Waals surface area contributed by atoms with Gasteiger partial charge in [0.2, 0.25) is 11.8 Å². The molecule has 0 amide bonds. The highest BCUT2D eigenvalue weighted by atomic mass is 16.5. The van der Waals surface area contributed by atoms with Gasteiger partial charge in [-0.3, -0.25) is 5.10 Å². The molecule has 0 atom stereocenters. The minimum atomic E-state index is -0.518. The Bertz CT molecular complexity index is 1460. The Balaban J connectivity index is 1.43. The lowest BCUT2D eigenvalue weighted by Gasteiger charge is -2.11. The molecule has 0 unspecified atom stereocenters. The number of methoxy groups -OCH3 is 1. The molecule has 9 heteroatoms. The molecule has 0 aliphatic rings. The number of nitrogens with one attached hydrogen (secondary N) is 2. The zero-order valence-corrected chi connectivity index (χ0v) is 17.0. The Morgan fingerprint density at radius 3 is 2.72 bits per heavy atom. The molecule has 0 radical (unpaired) electrons. The highest BCUT2D eigenvalue weighted by Gasteiger charge is 2.15. The van der Waals surface area contributed by atoms with E-state index in [0.29, 0.717) is 39.9 Å². The van der Waals surface area contributed by atoms with Crippen LogP contribution in [0.5, 0.6) is 11.6 Å². The van der Waals surface area contributed by atoms with Crippen molar-refractivity contribution in [2.45, 2.75) is 0 Å². The fourth-order valence-electron chi connectivity index (χ4n) is 3.43. The minimum absolute atomic E-state index is 0.208. The van der Waals surface area contributed by atoms with Gasteiger partial charge in [0.15, 0.2) is 5.69 Å². The highest BCUT2D eigenvalue weighted by molar-refractivity contribution is 6.03. The van der Waals surface area contributed by atoms with Crippen LogP contribution in [-0.4, -0.2) is 33.2 Å². The number of nitrogens with two attached hydrogens (primary N) is 1. The van der Waals surface area contributed by atoms with Crippen LogP contribution in [0.1, 0.15) is 10.5 Å². The number of anilines is 3. The van der Waals surface area contributed by atoms with Crippen molar-refractivity contribution in [3.8, 4) is 11.6 Å². The van der Waals surface area contributed by atoms with E-state index in [1.54, 1.807) is 30.5 Å². The predicted octanol–water partition coefficient (Wildman–Crippen LogP) is 4.41. The van der Waals surface area contributed by atoms with Gasteiger partial charge in [0.25, 0.3) is 0 Å². The number of carbonyl (C=O) groups excluding carboxylic acids is 1.